The molecule has 0 aliphatic carbocycles. The number of nitrogens with one attached hydrogen (secondary N) is 1. The molecule has 0 aromatic heterocycles. The van der Waals surface area contributed by atoms with Crippen LogP contribution in [0.5, 0.6) is 5.75 Å². The first kappa shape index (κ1) is 12.9. The Hall–Kier alpha value is -1.06. The van der Waals surface area contributed by atoms with Crippen LogP contribution >= 0.6 is 0 Å². The summed E-state index contributed by atoms with van der Waals surface area (Å²) < 4.78 is 5.73. The van der Waals surface area contributed by atoms with Crippen molar-refractivity contribution < 1.29 is 4.74 Å². The van der Waals surface area contributed by atoms with Gasteiger partial charge in [0.05, 0.1) is 6.61 Å². The molecule has 0 bridgehead atoms. The lowest BCUT2D eigenvalue weighted by atomic mass is 10.0. The summed E-state index contributed by atoms with van der Waals surface area (Å²) in [4.78, 5) is 2.59. The third-order valence-electron chi connectivity index (χ3n) is 4.47. The molecule has 2 aliphatic heterocycles. The van der Waals surface area contributed by atoms with Crippen molar-refractivity contribution in [2.24, 2.45) is 0 Å². The number of para-hydroxylation sites is 1. The quantitative estimate of drug-likeness (QED) is 0.878. The van der Waals surface area contributed by atoms with Crippen molar-refractivity contribution in [3.63, 3.8) is 0 Å². The lowest BCUT2D eigenvalue weighted by Gasteiger charge is -2.23. The van der Waals surface area contributed by atoms with Crippen molar-refractivity contribution in [2.75, 3.05) is 32.8 Å². The Labute approximate surface area is 115 Å². The van der Waals surface area contributed by atoms with E-state index < -0.39 is 0 Å². The lowest BCUT2D eigenvalue weighted by Crippen LogP contribution is -2.39. The van der Waals surface area contributed by atoms with Gasteiger partial charge in [-0.15, -0.1) is 0 Å². The Balaban J connectivity index is 1.49. The molecule has 3 nitrogen and oxygen atoms in total. The number of nitrogens with zero attached hydrogens (tertiary/aromatic N) is 1. The van der Waals surface area contributed by atoms with Crippen LogP contribution in [0.1, 0.15) is 31.2 Å². The fraction of sp³-hybridized carbons (Fsp3) is 0.625. The standard InChI is InChI=1S/C16H24N2O/c1-2-18-9-5-6-14(18)11-17-10-13-12-19-16-8-4-3-7-15(13)16/h3-4,7-8,13-14,17H,2,5-6,9-12H2,1H3. The zero-order valence-electron chi connectivity index (χ0n) is 11.8. The number of ether oxygens (including phenoxy) is 1. The molecular formula is C16H24N2O. The Kier molecular flexibility index (Phi) is 4.04. The van der Waals surface area contributed by atoms with Gasteiger partial charge in [-0.3, -0.25) is 4.90 Å². The summed E-state index contributed by atoms with van der Waals surface area (Å²) in [5.74, 6) is 1.60. The minimum atomic E-state index is 0.521. The Bertz CT molecular complexity index is 421. The maximum atomic E-state index is 5.73. The maximum Gasteiger partial charge on any atom is 0.122 e. The van der Waals surface area contributed by atoms with E-state index in [9.17, 15) is 0 Å². The Morgan fingerprint density at radius 3 is 3.11 bits per heavy atom. The van der Waals surface area contributed by atoms with Crippen molar-refractivity contribution in [3.05, 3.63) is 29.8 Å². The summed E-state index contributed by atoms with van der Waals surface area (Å²) >= 11 is 0. The molecule has 1 aromatic carbocycles. The summed E-state index contributed by atoms with van der Waals surface area (Å²) in [6.45, 7) is 7.70. The van der Waals surface area contributed by atoms with Gasteiger partial charge in [0.2, 0.25) is 0 Å². The molecular weight excluding hydrogens is 236 g/mol. The number of hydrogen-bond acceptors (Lipinski definition) is 3. The van der Waals surface area contributed by atoms with E-state index in [1.54, 1.807) is 0 Å². The van der Waals surface area contributed by atoms with Gasteiger partial charge in [0.1, 0.15) is 5.75 Å². The molecule has 19 heavy (non-hydrogen) atoms. The van der Waals surface area contributed by atoms with Gasteiger partial charge in [-0.05, 0) is 32.0 Å². The lowest BCUT2D eigenvalue weighted by molar-refractivity contribution is 0.256. The van der Waals surface area contributed by atoms with E-state index in [-0.39, 0.29) is 0 Å². The molecule has 2 unspecified atom stereocenters. The van der Waals surface area contributed by atoms with Crippen LogP contribution in [0.15, 0.2) is 24.3 Å². The van der Waals surface area contributed by atoms with Crippen molar-refractivity contribution in [2.45, 2.75) is 31.7 Å². The van der Waals surface area contributed by atoms with Crippen molar-refractivity contribution >= 4 is 0 Å². The fourth-order valence-corrected chi connectivity index (χ4v) is 3.37. The van der Waals surface area contributed by atoms with E-state index in [0.29, 0.717) is 5.92 Å². The topological polar surface area (TPSA) is 24.5 Å². The van der Waals surface area contributed by atoms with Crippen LogP contribution in [0.2, 0.25) is 0 Å². The SMILES string of the molecule is CCN1CCCC1CNCC1COc2ccccc21. The van der Waals surface area contributed by atoms with Gasteiger partial charge in [-0.1, -0.05) is 25.1 Å². The molecule has 2 heterocycles. The molecule has 2 aliphatic rings. The molecule has 2 atom stereocenters. The number of likely N-dealkylation sites (N-methyl/N-ethyl adjacent to an activating group) is 1. The molecule has 1 aromatic rings. The number of hydrogen-bond donors (Lipinski definition) is 1. The first-order valence-corrected chi connectivity index (χ1v) is 7.55. The van der Waals surface area contributed by atoms with Gasteiger partial charge in [0, 0.05) is 30.6 Å². The second-order valence-electron chi connectivity index (χ2n) is 5.63. The number of likely N-dealkylation sites (tertiary alicyclic amines) is 1. The van der Waals surface area contributed by atoms with Gasteiger partial charge in [-0.25, -0.2) is 0 Å². The van der Waals surface area contributed by atoms with E-state index in [2.05, 4.69) is 35.3 Å². The van der Waals surface area contributed by atoms with Crippen LogP contribution in [-0.4, -0.2) is 43.7 Å². The summed E-state index contributed by atoms with van der Waals surface area (Å²) in [5.41, 5.74) is 1.37. The van der Waals surface area contributed by atoms with Gasteiger partial charge >= 0.3 is 0 Å². The molecule has 104 valence electrons. The minimum Gasteiger partial charge on any atom is -0.493 e. The number of benzene rings is 1. The van der Waals surface area contributed by atoms with Crippen molar-refractivity contribution in [1.82, 2.24) is 10.2 Å². The third-order valence-corrected chi connectivity index (χ3v) is 4.47. The molecule has 0 amide bonds. The van der Waals surface area contributed by atoms with Crippen molar-refractivity contribution in [1.29, 1.82) is 0 Å². The van der Waals surface area contributed by atoms with Gasteiger partial charge in [0.25, 0.3) is 0 Å². The highest BCUT2D eigenvalue weighted by Crippen LogP contribution is 2.32. The predicted molar refractivity (Wildman–Crippen MR) is 77.8 cm³/mol. The second-order valence-corrected chi connectivity index (χ2v) is 5.63. The minimum absolute atomic E-state index is 0.521. The van der Waals surface area contributed by atoms with Crippen LogP contribution in [-0.2, 0) is 0 Å². The van der Waals surface area contributed by atoms with Crippen LogP contribution in [0, 0.1) is 0 Å². The molecule has 1 saturated heterocycles. The van der Waals surface area contributed by atoms with Crippen LogP contribution in [0.3, 0.4) is 0 Å². The molecule has 3 heteroatoms. The zero-order valence-corrected chi connectivity index (χ0v) is 11.8. The highest BCUT2D eigenvalue weighted by molar-refractivity contribution is 5.39. The Morgan fingerprint density at radius 1 is 1.32 bits per heavy atom. The average Bonchev–Trinajstić information content (AvgIpc) is 3.06. The largest absolute Gasteiger partial charge is 0.493 e. The summed E-state index contributed by atoms with van der Waals surface area (Å²) in [7, 11) is 0. The summed E-state index contributed by atoms with van der Waals surface area (Å²) in [6.07, 6.45) is 2.70. The van der Waals surface area contributed by atoms with E-state index in [1.165, 1.54) is 31.5 Å². The second kappa shape index (κ2) is 5.93. The molecule has 0 radical (unpaired) electrons. The molecule has 0 spiro atoms. The van der Waals surface area contributed by atoms with Gasteiger partial charge < -0.3 is 10.1 Å². The van der Waals surface area contributed by atoms with E-state index in [0.717, 1.165) is 31.5 Å². The number of fused-ring (bicyclic) bond motifs is 1. The normalized spacial score (nSPS) is 26.4. The fourth-order valence-electron chi connectivity index (χ4n) is 3.37. The van der Waals surface area contributed by atoms with Gasteiger partial charge in [0.15, 0.2) is 0 Å². The van der Waals surface area contributed by atoms with Crippen molar-refractivity contribution in [3.8, 4) is 5.75 Å². The first-order valence-electron chi connectivity index (χ1n) is 7.55. The highest BCUT2D eigenvalue weighted by Gasteiger charge is 2.25. The zero-order chi connectivity index (χ0) is 13.1. The summed E-state index contributed by atoms with van der Waals surface area (Å²) in [6, 6.07) is 9.17. The monoisotopic (exact) mass is 260 g/mol. The molecule has 3 rings (SSSR count). The Morgan fingerprint density at radius 2 is 2.21 bits per heavy atom. The summed E-state index contributed by atoms with van der Waals surface area (Å²) in [5, 5.41) is 3.65. The van der Waals surface area contributed by atoms with E-state index >= 15 is 0 Å². The molecule has 0 saturated carbocycles. The van der Waals surface area contributed by atoms with Gasteiger partial charge in [-0.2, -0.15) is 0 Å². The number of rotatable bonds is 5. The van der Waals surface area contributed by atoms with E-state index in [4.69, 9.17) is 4.74 Å². The molecule has 1 fully saturated rings. The molecule has 1 N–H and O–H groups in total. The average molecular weight is 260 g/mol. The van der Waals surface area contributed by atoms with Crippen LogP contribution in [0.4, 0.5) is 0 Å². The third kappa shape index (κ3) is 2.77. The van der Waals surface area contributed by atoms with Crippen LogP contribution in [0.25, 0.3) is 0 Å². The van der Waals surface area contributed by atoms with E-state index in [1.807, 2.05) is 6.07 Å². The highest BCUT2D eigenvalue weighted by atomic mass is 16.5. The predicted octanol–water partition coefficient (Wildman–Crippen LogP) is 2.24. The maximum absolute atomic E-state index is 5.73. The first-order chi connectivity index (χ1) is 9.38. The van der Waals surface area contributed by atoms with Crippen LogP contribution < -0.4 is 10.1 Å². The smallest absolute Gasteiger partial charge is 0.122 e.